The zero-order chi connectivity index (χ0) is 25.0. The van der Waals surface area contributed by atoms with Crippen LogP contribution in [-0.2, 0) is 4.79 Å². The van der Waals surface area contributed by atoms with E-state index in [9.17, 15) is 4.79 Å². The third-order valence-electron chi connectivity index (χ3n) is 5.95. The zero-order valence-corrected chi connectivity index (χ0v) is 21.8. The topological polar surface area (TPSA) is 42.0 Å². The molecule has 3 rings (SSSR count). The standard InChI is InChI=1S/C30H40N2O3/c1-31(2)18-6-20-34-28-14-10-24(11-15-28)22-26-8-5-9-27(30(26)33)23-25-12-16-29(17-13-25)35-21-7-19-32(3)4/h10-17,22-23H,5-9,18-21H2,1-4H3/b26-22-,27-23+. The van der Waals surface area contributed by atoms with E-state index in [1.165, 1.54) is 0 Å². The lowest BCUT2D eigenvalue weighted by Gasteiger charge is -2.17. The molecule has 0 aliphatic heterocycles. The van der Waals surface area contributed by atoms with Gasteiger partial charge < -0.3 is 19.3 Å². The average Bonchev–Trinajstić information content (AvgIpc) is 2.84. The summed E-state index contributed by atoms with van der Waals surface area (Å²) in [6.45, 7) is 3.43. The first kappa shape index (κ1) is 26.7. The first-order chi connectivity index (χ1) is 16.9. The number of nitrogens with zero attached hydrogens (tertiary/aromatic N) is 2. The molecule has 5 nitrogen and oxygen atoms in total. The first-order valence-corrected chi connectivity index (χ1v) is 12.6. The molecule has 188 valence electrons. The molecular weight excluding hydrogens is 436 g/mol. The summed E-state index contributed by atoms with van der Waals surface area (Å²) in [5.74, 6) is 1.89. The molecule has 0 unspecified atom stereocenters. The van der Waals surface area contributed by atoms with Crippen molar-refractivity contribution in [2.24, 2.45) is 0 Å². The van der Waals surface area contributed by atoms with Crippen LogP contribution in [0.3, 0.4) is 0 Å². The van der Waals surface area contributed by atoms with E-state index >= 15 is 0 Å². The highest BCUT2D eigenvalue weighted by Crippen LogP contribution is 2.29. The highest BCUT2D eigenvalue weighted by molar-refractivity contribution is 6.13. The number of carbonyl (C=O) groups is 1. The minimum atomic E-state index is 0.157. The van der Waals surface area contributed by atoms with Gasteiger partial charge in [-0.1, -0.05) is 24.3 Å². The second kappa shape index (κ2) is 13.9. The van der Waals surface area contributed by atoms with Crippen LogP contribution in [0.2, 0.25) is 0 Å². The molecule has 0 radical (unpaired) electrons. The number of Topliss-reactive ketones (excluding diaryl/α,β-unsaturated/α-hetero) is 1. The van der Waals surface area contributed by atoms with Crippen molar-refractivity contribution in [3.05, 3.63) is 70.8 Å². The van der Waals surface area contributed by atoms with Crippen LogP contribution in [0.5, 0.6) is 11.5 Å². The fourth-order valence-electron chi connectivity index (χ4n) is 4.04. The van der Waals surface area contributed by atoms with Crippen molar-refractivity contribution in [1.29, 1.82) is 0 Å². The molecular formula is C30H40N2O3. The molecule has 1 aliphatic rings. The van der Waals surface area contributed by atoms with Gasteiger partial charge in [0, 0.05) is 24.2 Å². The van der Waals surface area contributed by atoms with Gasteiger partial charge >= 0.3 is 0 Å². The van der Waals surface area contributed by atoms with E-state index in [-0.39, 0.29) is 5.78 Å². The number of hydrogen-bond donors (Lipinski definition) is 0. The SMILES string of the molecule is CN(C)CCCOc1ccc(/C=C2/CCC/C(=C\c3ccc(OCCCN(C)C)cc3)C2=O)cc1. The molecule has 5 heteroatoms. The minimum Gasteiger partial charge on any atom is -0.494 e. The van der Waals surface area contributed by atoms with Gasteiger partial charge in [0.2, 0.25) is 0 Å². The van der Waals surface area contributed by atoms with E-state index in [2.05, 4.69) is 38.0 Å². The van der Waals surface area contributed by atoms with Crippen LogP contribution in [0.15, 0.2) is 59.7 Å². The van der Waals surface area contributed by atoms with Gasteiger partial charge in [0.25, 0.3) is 0 Å². The quantitative estimate of drug-likeness (QED) is 0.296. The highest BCUT2D eigenvalue weighted by Gasteiger charge is 2.20. The van der Waals surface area contributed by atoms with E-state index in [1.807, 2.05) is 60.7 Å². The fraction of sp³-hybridized carbons (Fsp3) is 0.433. The smallest absolute Gasteiger partial charge is 0.185 e. The fourth-order valence-corrected chi connectivity index (χ4v) is 4.04. The van der Waals surface area contributed by atoms with Gasteiger partial charge in [-0.15, -0.1) is 0 Å². The van der Waals surface area contributed by atoms with Crippen LogP contribution in [0.1, 0.15) is 43.2 Å². The van der Waals surface area contributed by atoms with Gasteiger partial charge in [-0.3, -0.25) is 4.79 Å². The molecule has 0 amide bonds. The average molecular weight is 477 g/mol. The van der Waals surface area contributed by atoms with Crippen LogP contribution >= 0.6 is 0 Å². The summed E-state index contributed by atoms with van der Waals surface area (Å²) in [4.78, 5) is 17.4. The Morgan fingerprint density at radius 3 is 1.46 bits per heavy atom. The Kier molecular flexibility index (Phi) is 10.6. The number of carbonyl (C=O) groups excluding carboxylic acids is 1. The van der Waals surface area contributed by atoms with Gasteiger partial charge in [-0.2, -0.15) is 0 Å². The summed E-state index contributed by atoms with van der Waals surface area (Å²) >= 11 is 0. The summed E-state index contributed by atoms with van der Waals surface area (Å²) in [6, 6.07) is 16.0. The van der Waals surface area contributed by atoms with Crippen molar-refractivity contribution >= 4 is 17.9 Å². The summed E-state index contributed by atoms with van der Waals surface area (Å²) < 4.78 is 11.6. The molecule has 2 aromatic carbocycles. The Labute approximate surface area is 211 Å². The molecule has 2 aromatic rings. The molecule has 0 aromatic heterocycles. The first-order valence-electron chi connectivity index (χ1n) is 12.6. The predicted molar refractivity (Wildman–Crippen MR) is 145 cm³/mol. The molecule has 0 bridgehead atoms. The summed E-state index contributed by atoms with van der Waals surface area (Å²) in [6.07, 6.45) is 8.66. The van der Waals surface area contributed by atoms with Gasteiger partial charge in [-0.05, 0) is 108 Å². The summed E-state index contributed by atoms with van der Waals surface area (Å²) in [7, 11) is 8.26. The lowest BCUT2D eigenvalue weighted by molar-refractivity contribution is -0.112. The van der Waals surface area contributed by atoms with Crippen molar-refractivity contribution in [3.63, 3.8) is 0 Å². The highest BCUT2D eigenvalue weighted by atomic mass is 16.5. The molecule has 0 atom stereocenters. The number of hydrogen-bond acceptors (Lipinski definition) is 5. The van der Waals surface area contributed by atoms with E-state index in [0.717, 1.165) is 79.0 Å². The van der Waals surface area contributed by atoms with Crippen LogP contribution in [0.4, 0.5) is 0 Å². The Morgan fingerprint density at radius 1 is 0.686 bits per heavy atom. The van der Waals surface area contributed by atoms with Crippen molar-refractivity contribution in [2.75, 3.05) is 54.5 Å². The van der Waals surface area contributed by atoms with E-state index in [1.54, 1.807) is 0 Å². The third-order valence-corrected chi connectivity index (χ3v) is 5.95. The van der Waals surface area contributed by atoms with Crippen LogP contribution in [0, 0.1) is 0 Å². The van der Waals surface area contributed by atoms with Gasteiger partial charge in [0.15, 0.2) is 5.78 Å². The Morgan fingerprint density at radius 2 is 1.09 bits per heavy atom. The second-order valence-corrected chi connectivity index (χ2v) is 9.67. The van der Waals surface area contributed by atoms with Crippen LogP contribution in [-0.4, -0.2) is 70.1 Å². The van der Waals surface area contributed by atoms with Crippen molar-refractivity contribution in [3.8, 4) is 11.5 Å². The lowest BCUT2D eigenvalue weighted by Crippen LogP contribution is -2.15. The summed E-state index contributed by atoms with van der Waals surface area (Å²) in [5, 5.41) is 0. The Hall–Kier alpha value is -2.89. The maximum absolute atomic E-state index is 13.1. The predicted octanol–water partition coefficient (Wildman–Crippen LogP) is 5.57. The van der Waals surface area contributed by atoms with Crippen molar-refractivity contribution in [1.82, 2.24) is 9.80 Å². The Balaban J connectivity index is 1.56. The number of ketones is 1. The molecule has 1 fully saturated rings. The molecule has 0 spiro atoms. The largest absolute Gasteiger partial charge is 0.494 e. The number of rotatable bonds is 12. The number of benzene rings is 2. The van der Waals surface area contributed by atoms with E-state index in [0.29, 0.717) is 13.2 Å². The van der Waals surface area contributed by atoms with Gasteiger partial charge in [0.05, 0.1) is 13.2 Å². The minimum absolute atomic E-state index is 0.157. The molecule has 1 saturated carbocycles. The summed E-state index contributed by atoms with van der Waals surface area (Å²) in [5.41, 5.74) is 3.82. The van der Waals surface area contributed by atoms with Crippen molar-refractivity contribution in [2.45, 2.75) is 32.1 Å². The third kappa shape index (κ3) is 9.35. The Bertz CT molecular complexity index is 910. The van der Waals surface area contributed by atoms with Crippen LogP contribution in [0.25, 0.3) is 12.2 Å². The number of ether oxygens (including phenoxy) is 2. The molecule has 0 N–H and O–H groups in total. The molecule has 0 saturated heterocycles. The maximum Gasteiger partial charge on any atom is 0.185 e. The normalized spacial score (nSPS) is 16.5. The number of allylic oxidation sites excluding steroid dienone is 2. The zero-order valence-electron chi connectivity index (χ0n) is 21.8. The maximum atomic E-state index is 13.1. The van der Waals surface area contributed by atoms with E-state index < -0.39 is 0 Å². The molecule has 35 heavy (non-hydrogen) atoms. The molecule has 0 heterocycles. The van der Waals surface area contributed by atoms with Crippen molar-refractivity contribution < 1.29 is 14.3 Å². The second-order valence-electron chi connectivity index (χ2n) is 9.67. The van der Waals surface area contributed by atoms with E-state index in [4.69, 9.17) is 9.47 Å². The lowest BCUT2D eigenvalue weighted by atomic mass is 9.87. The van der Waals surface area contributed by atoms with Gasteiger partial charge in [0.1, 0.15) is 11.5 Å². The van der Waals surface area contributed by atoms with Gasteiger partial charge in [-0.25, -0.2) is 0 Å². The molecule has 1 aliphatic carbocycles. The monoisotopic (exact) mass is 476 g/mol. The van der Waals surface area contributed by atoms with Crippen LogP contribution < -0.4 is 9.47 Å².